The molecular weight excluding hydrogens is 188 g/mol. The number of aromatic nitrogens is 1. The molecule has 0 aliphatic heterocycles. The van der Waals surface area contributed by atoms with E-state index in [9.17, 15) is 4.79 Å². The molecule has 1 atom stereocenters. The van der Waals surface area contributed by atoms with Crippen LogP contribution < -0.4 is 5.32 Å². The normalized spacial score (nSPS) is 12.8. The zero-order chi connectivity index (χ0) is 9.84. The summed E-state index contributed by atoms with van der Waals surface area (Å²) in [4.78, 5) is 14.7. The van der Waals surface area contributed by atoms with E-state index in [1.54, 1.807) is 18.3 Å². The van der Waals surface area contributed by atoms with Crippen molar-refractivity contribution in [1.82, 2.24) is 10.3 Å². The van der Waals surface area contributed by atoms with Crippen molar-refractivity contribution in [3.05, 3.63) is 16.1 Å². The summed E-state index contributed by atoms with van der Waals surface area (Å²) in [7, 11) is 0. The molecule has 5 heteroatoms. The lowest BCUT2D eigenvalue weighted by Crippen LogP contribution is -2.33. The van der Waals surface area contributed by atoms with E-state index in [1.807, 2.05) is 12.3 Å². The van der Waals surface area contributed by atoms with Crippen LogP contribution in [0.1, 0.15) is 17.6 Å². The van der Waals surface area contributed by atoms with Crippen LogP contribution in [0.15, 0.2) is 5.38 Å². The Morgan fingerprint density at radius 3 is 3.00 bits per heavy atom. The average Bonchev–Trinajstić information content (AvgIpc) is 2.47. The standard InChI is InChI=1S/C8H12N2O2S/c1-5(8(11)12)9-3-7-4-13-6(2)10-7/h4-5,9H,3H2,1-2H3,(H,11,12). The molecule has 0 spiro atoms. The van der Waals surface area contributed by atoms with E-state index in [0.717, 1.165) is 10.7 Å². The van der Waals surface area contributed by atoms with Gasteiger partial charge in [-0.3, -0.25) is 10.1 Å². The minimum absolute atomic E-state index is 0.512. The second kappa shape index (κ2) is 4.34. The highest BCUT2D eigenvalue weighted by atomic mass is 32.1. The molecule has 1 heterocycles. The number of thiazole rings is 1. The molecule has 1 unspecified atom stereocenters. The number of aliphatic carboxylic acids is 1. The van der Waals surface area contributed by atoms with Gasteiger partial charge in [0.25, 0.3) is 0 Å². The average molecular weight is 200 g/mol. The lowest BCUT2D eigenvalue weighted by Gasteiger charge is -2.06. The first-order valence-corrected chi connectivity index (χ1v) is 4.84. The van der Waals surface area contributed by atoms with Gasteiger partial charge in [0.05, 0.1) is 10.7 Å². The van der Waals surface area contributed by atoms with E-state index < -0.39 is 12.0 Å². The molecule has 13 heavy (non-hydrogen) atoms. The summed E-state index contributed by atoms with van der Waals surface area (Å²) in [6.07, 6.45) is 0. The maximum Gasteiger partial charge on any atom is 0.320 e. The molecule has 0 saturated heterocycles. The number of carbonyl (C=O) groups is 1. The van der Waals surface area contributed by atoms with Crippen molar-refractivity contribution in [3.63, 3.8) is 0 Å². The molecule has 0 bridgehead atoms. The molecule has 0 aliphatic carbocycles. The Hall–Kier alpha value is -0.940. The number of hydrogen-bond acceptors (Lipinski definition) is 4. The monoisotopic (exact) mass is 200 g/mol. The van der Waals surface area contributed by atoms with E-state index >= 15 is 0 Å². The van der Waals surface area contributed by atoms with Crippen LogP contribution in [0.4, 0.5) is 0 Å². The second-order valence-corrected chi connectivity index (χ2v) is 3.86. The Morgan fingerprint density at radius 1 is 1.85 bits per heavy atom. The molecule has 0 amide bonds. The van der Waals surface area contributed by atoms with Gasteiger partial charge in [-0.05, 0) is 13.8 Å². The van der Waals surface area contributed by atoms with Crippen molar-refractivity contribution in [2.45, 2.75) is 26.4 Å². The Labute approximate surface area is 80.6 Å². The van der Waals surface area contributed by atoms with Crippen LogP contribution in [0, 0.1) is 6.92 Å². The quantitative estimate of drug-likeness (QED) is 0.761. The van der Waals surface area contributed by atoms with Crippen molar-refractivity contribution < 1.29 is 9.90 Å². The van der Waals surface area contributed by atoms with Crippen LogP contribution >= 0.6 is 11.3 Å². The minimum Gasteiger partial charge on any atom is -0.480 e. The first kappa shape index (κ1) is 10.1. The number of carboxylic acid groups (broad SMARTS) is 1. The van der Waals surface area contributed by atoms with Gasteiger partial charge in [0.15, 0.2) is 0 Å². The molecule has 4 nitrogen and oxygen atoms in total. The number of rotatable bonds is 4. The Bertz CT molecular complexity index is 298. The third-order valence-electron chi connectivity index (χ3n) is 1.63. The van der Waals surface area contributed by atoms with Gasteiger partial charge in [0.2, 0.25) is 0 Å². The lowest BCUT2D eigenvalue weighted by molar-refractivity contribution is -0.139. The highest BCUT2D eigenvalue weighted by molar-refractivity contribution is 7.09. The number of nitrogens with one attached hydrogen (secondary N) is 1. The predicted molar refractivity (Wildman–Crippen MR) is 50.8 cm³/mol. The topological polar surface area (TPSA) is 62.2 Å². The molecule has 1 aromatic rings. The van der Waals surface area contributed by atoms with Gasteiger partial charge >= 0.3 is 5.97 Å². The maximum atomic E-state index is 10.4. The molecule has 2 N–H and O–H groups in total. The SMILES string of the molecule is Cc1nc(CNC(C)C(=O)O)cs1. The fourth-order valence-electron chi connectivity index (χ4n) is 0.834. The highest BCUT2D eigenvalue weighted by Crippen LogP contribution is 2.07. The summed E-state index contributed by atoms with van der Waals surface area (Å²) >= 11 is 1.57. The van der Waals surface area contributed by atoms with Crippen molar-refractivity contribution in [2.75, 3.05) is 0 Å². The Morgan fingerprint density at radius 2 is 2.54 bits per heavy atom. The molecule has 0 radical (unpaired) electrons. The second-order valence-electron chi connectivity index (χ2n) is 2.80. The molecule has 0 aliphatic rings. The smallest absolute Gasteiger partial charge is 0.320 e. The van der Waals surface area contributed by atoms with Crippen molar-refractivity contribution in [2.24, 2.45) is 0 Å². The van der Waals surface area contributed by atoms with E-state index in [0.29, 0.717) is 6.54 Å². The van der Waals surface area contributed by atoms with Crippen molar-refractivity contribution in [1.29, 1.82) is 0 Å². The highest BCUT2D eigenvalue weighted by Gasteiger charge is 2.09. The first-order valence-electron chi connectivity index (χ1n) is 3.97. The number of carboxylic acids is 1. The van der Waals surface area contributed by atoms with Crippen LogP contribution in [0.25, 0.3) is 0 Å². The number of aryl methyl sites for hydroxylation is 1. The van der Waals surface area contributed by atoms with Crippen molar-refractivity contribution >= 4 is 17.3 Å². The van der Waals surface area contributed by atoms with E-state index in [1.165, 1.54) is 0 Å². The summed E-state index contributed by atoms with van der Waals surface area (Å²) in [6, 6.07) is -0.526. The largest absolute Gasteiger partial charge is 0.480 e. The summed E-state index contributed by atoms with van der Waals surface area (Å²) in [5.41, 5.74) is 0.899. The van der Waals surface area contributed by atoms with Gasteiger partial charge in [-0.2, -0.15) is 0 Å². The van der Waals surface area contributed by atoms with Crippen LogP contribution in [0.5, 0.6) is 0 Å². The Kier molecular flexibility index (Phi) is 3.39. The van der Waals surface area contributed by atoms with Gasteiger partial charge < -0.3 is 5.11 Å². The number of nitrogens with zero attached hydrogens (tertiary/aromatic N) is 1. The summed E-state index contributed by atoms with van der Waals surface area (Å²) in [5.74, 6) is -0.841. The fourth-order valence-corrected chi connectivity index (χ4v) is 1.45. The lowest BCUT2D eigenvalue weighted by atomic mass is 10.3. The van der Waals surface area contributed by atoms with Gasteiger partial charge in [-0.25, -0.2) is 4.98 Å². The Balaban J connectivity index is 2.39. The van der Waals surface area contributed by atoms with Gasteiger partial charge in [0.1, 0.15) is 6.04 Å². The van der Waals surface area contributed by atoms with E-state index in [2.05, 4.69) is 10.3 Å². The van der Waals surface area contributed by atoms with Crippen LogP contribution in [-0.2, 0) is 11.3 Å². The molecule has 0 aromatic carbocycles. The number of hydrogen-bond donors (Lipinski definition) is 2. The third-order valence-corrected chi connectivity index (χ3v) is 2.45. The summed E-state index contributed by atoms with van der Waals surface area (Å²) < 4.78 is 0. The summed E-state index contributed by atoms with van der Waals surface area (Å²) in [6.45, 7) is 4.05. The van der Waals surface area contributed by atoms with Crippen LogP contribution in [0.2, 0.25) is 0 Å². The van der Waals surface area contributed by atoms with E-state index in [-0.39, 0.29) is 0 Å². The van der Waals surface area contributed by atoms with Gasteiger partial charge in [-0.1, -0.05) is 0 Å². The molecule has 1 rings (SSSR count). The third kappa shape index (κ3) is 3.12. The van der Waals surface area contributed by atoms with Crippen molar-refractivity contribution in [3.8, 4) is 0 Å². The molecule has 1 aromatic heterocycles. The zero-order valence-corrected chi connectivity index (χ0v) is 8.39. The minimum atomic E-state index is -0.841. The molecule has 0 saturated carbocycles. The van der Waals surface area contributed by atoms with Crippen LogP contribution in [0.3, 0.4) is 0 Å². The zero-order valence-electron chi connectivity index (χ0n) is 7.57. The molecule has 0 fully saturated rings. The van der Waals surface area contributed by atoms with E-state index in [4.69, 9.17) is 5.11 Å². The fraction of sp³-hybridized carbons (Fsp3) is 0.500. The van der Waals surface area contributed by atoms with Gasteiger partial charge in [-0.15, -0.1) is 11.3 Å². The van der Waals surface area contributed by atoms with Gasteiger partial charge in [0, 0.05) is 11.9 Å². The maximum absolute atomic E-state index is 10.4. The molecule has 72 valence electrons. The first-order chi connectivity index (χ1) is 6.09. The molecular formula is C8H12N2O2S. The van der Waals surface area contributed by atoms with Crippen LogP contribution in [-0.4, -0.2) is 22.1 Å². The summed E-state index contributed by atoms with van der Waals surface area (Å²) in [5, 5.41) is 14.4. The predicted octanol–water partition coefficient (Wildman–Crippen LogP) is 1.01.